The lowest BCUT2D eigenvalue weighted by atomic mass is 10.3. The van der Waals surface area contributed by atoms with Crippen molar-refractivity contribution in [3.05, 3.63) is 24.3 Å². The summed E-state index contributed by atoms with van der Waals surface area (Å²) in [5.74, 6) is 0.451. The molecule has 6 nitrogen and oxygen atoms in total. The molecule has 0 unspecified atom stereocenters. The van der Waals surface area contributed by atoms with Gasteiger partial charge in [-0.1, -0.05) is 0 Å². The van der Waals surface area contributed by atoms with E-state index < -0.39 is 5.97 Å². The van der Waals surface area contributed by atoms with Crippen molar-refractivity contribution in [1.82, 2.24) is 0 Å². The molecule has 20 heavy (non-hydrogen) atoms. The molecule has 1 aromatic rings. The summed E-state index contributed by atoms with van der Waals surface area (Å²) < 4.78 is 9.88. The summed E-state index contributed by atoms with van der Waals surface area (Å²) in [7, 11) is 1.62. The quantitative estimate of drug-likeness (QED) is 0.672. The number of carboxylic acids is 1. The first kappa shape index (κ1) is 16.3. The van der Waals surface area contributed by atoms with Crippen molar-refractivity contribution in [3.63, 3.8) is 0 Å². The van der Waals surface area contributed by atoms with E-state index in [0.29, 0.717) is 23.8 Å². The molecule has 2 N–H and O–H groups in total. The Labute approximate surface area is 121 Å². The Kier molecular flexibility index (Phi) is 7.52. The molecule has 110 valence electrons. The number of benzene rings is 1. The van der Waals surface area contributed by atoms with Crippen molar-refractivity contribution in [1.29, 1.82) is 0 Å². The number of nitrogens with one attached hydrogen (secondary N) is 1. The van der Waals surface area contributed by atoms with Crippen molar-refractivity contribution in [3.8, 4) is 5.75 Å². The van der Waals surface area contributed by atoms with Gasteiger partial charge in [-0.25, -0.2) is 4.79 Å². The average molecular weight is 299 g/mol. The first-order valence-corrected chi connectivity index (χ1v) is 7.08. The van der Waals surface area contributed by atoms with E-state index in [0.717, 1.165) is 5.75 Å². The van der Waals surface area contributed by atoms with Gasteiger partial charge < -0.3 is 19.9 Å². The summed E-state index contributed by atoms with van der Waals surface area (Å²) in [6.45, 7) is 0.232. The van der Waals surface area contributed by atoms with E-state index in [1.807, 2.05) is 0 Å². The molecule has 0 saturated heterocycles. The van der Waals surface area contributed by atoms with Crippen LogP contribution in [-0.4, -0.2) is 48.8 Å². The topological polar surface area (TPSA) is 84.9 Å². The fraction of sp³-hybridized carbons (Fsp3) is 0.385. The number of amides is 1. The highest BCUT2D eigenvalue weighted by atomic mass is 32.2. The molecule has 7 heteroatoms. The minimum atomic E-state index is -1.03. The molecular weight excluding hydrogens is 282 g/mol. The number of carboxylic acid groups (broad SMARTS) is 1. The number of methoxy groups -OCH3 is 1. The van der Waals surface area contributed by atoms with Crippen LogP contribution >= 0.6 is 11.8 Å². The summed E-state index contributed by atoms with van der Waals surface area (Å²) in [5, 5.41) is 11.2. The van der Waals surface area contributed by atoms with Gasteiger partial charge in [0.1, 0.15) is 5.75 Å². The van der Waals surface area contributed by atoms with Gasteiger partial charge in [0.15, 0.2) is 6.61 Å². The number of rotatable bonds is 9. The second-order valence-electron chi connectivity index (χ2n) is 3.80. The number of hydrogen-bond donors (Lipinski definition) is 2. The molecule has 0 spiro atoms. The molecule has 0 aliphatic rings. The fourth-order valence-corrected chi connectivity index (χ4v) is 1.97. The molecule has 0 fully saturated rings. The summed E-state index contributed by atoms with van der Waals surface area (Å²) in [6, 6.07) is 6.54. The van der Waals surface area contributed by atoms with E-state index in [1.165, 1.54) is 11.8 Å². The van der Waals surface area contributed by atoms with Gasteiger partial charge in [0.2, 0.25) is 5.91 Å². The van der Waals surface area contributed by atoms with Crippen LogP contribution in [-0.2, 0) is 14.3 Å². The Morgan fingerprint density at radius 1 is 1.30 bits per heavy atom. The van der Waals surface area contributed by atoms with Crippen LogP contribution in [0.4, 0.5) is 5.69 Å². The smallest absolute Gasteiger partial charge is 0.341 e. The average Bonchev–Trinajstić information content (AvgIpc) is 2.43. The second kappa shape index (κ2) is 9.22. The highest BCUT2D eigenvalue weighted by Crippen LogP contribution is 2.16. The van der Waals surface area contributed by atoms with Crippen molar-refractivity contribution in [2.45, 2.75) is 0 Å². The Morgan fingerprint density at radius 3 is 2.60 bits per heavy atom. The number of carbonyl (C=O) groups excluding carboxylic acids is 1. The van der Waals surface area contributed by atoms with Gasteiger partial charge >= 0.3 is 5.97 Å². The highest BCUT2D eigenvalue weighted by molar-refractivity contribution is 7.99. The molecule has 0 atom stereocenters. The maximum atomic E-state index is 11.6. The molecule has 0 aromatic heterocycles. The summed E-state index contributed by atoms with van der Waals surface area (Å²) in [4.78, 5) is 21.9. The van der Waals surface area contributed by atoms with Crippen LogP contribution < -0.4 is 10.1 Å². The third kappa shape index (κ3) is 7.01. The molecule has 0 aliphatic carbocycles. The monoisotopic (exact) mass is 299 g/mol. The van der Waals surface area contributed by atoms with Crippen molar-refractivity contribution in [2.75, 3.05) is 37.1 Å². The minimum absolute atomic E-state index is 0.0923. The largest absolute Gasteiger partial charge is 0.482 e. The van der Waals surface area contributed by atoms with Gasteiger partial charge in [0.05, 0.1) is 12.4 Å². The number of thioether (sulfide) groups is 1. The number of ether oxygens (including phenoxy) is 2. The van der Waals surface area contributed by atoms with Crippen LogP contribution in [0.25, 0.3) is 0 Å². The standard InChI is InChI=1S/C13H17NO5S/c1-18-6-7-20-9-12(15)14-10-2-4-11(5-3-10)19-8-13(16)17/h2-5H,6-9H2,1H3,(H,14,15)(H,16,17). The molecule has 1 amide bonds. The van der Waals surface area contributed by atoms with E-state index in [9.17, 15) is 9.59 Å². The van der Waals surface area contributed by atoms with Crippen molar-refractivity contribution < 1.29 is 24.2 Å². The van der Waals surface area contributed by atoms with Gasteiger partial charge in [-0.3, -0.25) is 4.79 Å². The zero-order chi connectivity index (χ0) is 14.8. The van der Waals surface area contributed by atoms with Gasteiger partial charge in [0.25, 0.3) is 0 Å². The van der Waals surface area contributed by atoms with Crippen LogP contribution in [0.3, 0.4) is 0 Å². The summed E-state index contributed by atoms with van der Waals surface area (Å²) in [5.41, 5.74) is 0.644. The van der Waals surface area contributed by atoms with E-state index in [2.05, 4.69) is 5.32 Å². The Hall–Kier alpha value is -1.73. The van der Waals surface area contributed by atoms with Gasteiger partial charge in [-0.2, -0.15) is 0 Å². The van der Waals surface area contributed by atoms with E-state index in [1.54, 1.807) is 31.4 Å². The number of carbonyl (C=O) groups is 2. The summed E-state index contributed by atoms with van der Waals surface area (Å²) >= 11 is 1.49. The lowest BCUT2D eigenvalue weighted by molar-refractivity contribution is -0.139. The minimum Gasteiger partial charge on any atom is -0.482 e. The molecule has 0 saturated carbocycles. The van der Waals surface area contributed by atoms with Gasteiger partial charge in [-0.15, -0.1) is 11.8 Å². The van der Waals surface area contributed by atoms with Crippen molar-refractivity contribution >= 4 is 29.3 Å². The van der Waals surface area contributed by atoms with Crippen LogP contribution in [0.1, 0.15) is 0 Å². The number of aliphatic carboxylic acids is 1. The second-order valence-corrected chi connectivity index (χ2v) is 4.91. The highest BCUT2D eigenvalue weighted by Gasteiger charge is 2.03. The maximum Gasteiger partial charge on any atom is 0.341 e. The lowest BCUT2D eigenvalue weighted by Crippen LogP contribution is -2.14. The first-order chi connectivity index (χ1) is 9.61. The summed E-state index contributed by atoms with van der Waals surface area (Å²) in [6.07, 6.45) is 0. The number of anilines is 1. The predicted molar refractivity (Wildman–Crippen MR) is 77.4 cm³/mol. The Balaban J connectivity index is 2.33. The van der Waals surface area contributed by atoms with E-state index >= 15 is 0 Å². The lowest BCUT2D eigenvalue weighted by Gasteiger charge is -2.07. The Bertz CT molecular complexity index is 435. The van der Waals surface area contributed by atoms with Crippen LogP contribution in [0.2, 0.25) is 0 Å². The molecule has 0 aliphatic heterocycles. The fourth-order valence-electron chi connectivity index (χ4n) is 1.28. The SMILES string of the molecule is COCCSCC(=O)Nc1ccc(OCC(=O)O)cc1. The van der Waals surface area contributed by atoms with E-state index in [4.69, 9.17) is 14.6 Å². The zero-order valence-corrected chi connectivity index (χ0v) is 11.9. The maximum absolute atomic E-state index is 11.6. The third-order valence-corrected chi connectivity index (χ3v) is 3.09. The first-order valence-electron chi connectivity index (χ1n) is 5.93. The molecule has 1 rings (SSSR count). The number of hydrogen-bond acceptors (Lipinski definition) is 5. The van der Waals surface area contributed by atoms with Crippen LogP contribution in [0.5, 0.6) is 5.75 Å². The van der Waals surface area contributed by atoms with Crippen LogP contribution in [0.15, 0.2) is 24.3 Å². The molecule has 0 radical (unpaired) electrons. The molecule has 1 aromatic carbocycles. The van der Waals surface area contributed by atoms with Gasteiger partial charge in [0, 0.05) is 18.6 Å². The molecular formula is C13H17NO5S. The Morgan fingerprint density at radius 2 is 2.00 bits per heavy atom. The normalized spacial score (nSPS) is 10.1. The molecule has 0 bridgehead atoms. The van der Waals surface area contributed by atoms with E-state index in [-0.39, 0.29) is 12.5 Å². The zero-order valence-electron chi connectivity index (χ0n) is 11.1. The predicted octanol–water partition coefficient (Wildman–Crippen LogP) is 1.47. The van der Waals surface area contributed by atoms with Gasteiger partial charge in [-0.05, 0) is 24.3 Å². The van der Waals surface area contributed by atoms with Crippen molar-refractivity contribution in [2.24, 2.45) is 0 Å². The third-order valence-electron chi connectivity index (χ3n) is 2.17. The van der Waals surface area contributed by atoms with Crippen LogP contribution in [0, 0.1) is 0 Å². The molecule has 0 heterocycles.